The van der Waals surface area contributed by atoms with Gasteiger partial charge in [-0.3, -0.25) is 28.8 Å². The van der Waals surface area contributed by atoms with Gasteiger partial charge >= 0.3 is 0 Å². The third kappa shape index (κ3) is 15.1. The average Bonchev–Trinajstić information content (AvgIpc) is 2.94. The van der Waals surface area contributed by atoms with Gasteiger partial charge in [-0.15, -0.1) is 0 Å². The number of hydrogen-bond donors (Lipinski definition) is 9. The Bertz CT molecular complexity index is 931. The Labute approximate surface area is 254 Å². The SMILES string of the molecule is CCC(C)C(NC(=O)CNC(=O)C(CCCCN)NC(=O)C(N)C(C)C)C(=O)NC(CC(C)C)C(=O)NC(CO)C(N)=O. The minimum Gasteiger partial charge on any atom is -0.394 e. The van der Waals surface area contributed by atoms with Crippen LogP contribution in [0.25, 0.3) is 0 Å². The molecule has 15 nitrogen and oxygen atoms in total. The molecule has 0 rings (SSSR count). The molecule has 0 aromatic carbocycles. The maximum atomic E-state index is 13.3. The van der Waals surface area contributed by atoms with Crippen LogP contribution in [-0.2, 0) is 28.8 Å². The van der Waals surface area contributed by atoms with Gasteiger partial charge in [0.05, 0.1) is 19.2 Å². The first-order valence-electron chi connectivity index (χ1n) is 14.9. The summed E-state index contributed by atoms with van der Waals surface area (Å²) in [5, 5.41) is 22.1. The van der Waals surface area contributed by atoms with Crippen LogP contribution in [0.1, 0.15) is 73.6 Å². The number of carbonyl (C=O) groups is 6. The highest BCUT2D eigenvalue weighted by atomic mass is 16.3. The van der Waals surface area contributed by atoms with Crippen molar-refractivity contribution < 1.29 is 33.9 Å². The van der Waals surface area contributed by atoms with Crippen molar-refractivity contribution in [3.8, 4) is 0 Å². The zero-order chi connectivity index (χ0) is 33.3. The predicted octanol–water partition coefficient (Wildman–Crippen LogP) is -2.28. The molecule has 6 unspecified atom stereocenters. The molecule has 0 bridgehead atoms. The molecule has 6 amide bonds. The van der Waals surface area contributed by atoms with E-state index in [0.29, 0.717) is 32.2 Å². The van der Waals surface area contributed by atoms with E-state index in [-0.39, 0.29) is 24.2 Å². The highest BCUT2D eigenvalue weighted by Crippen LogP contribution is 2.11. The molecule has 43 heavy (non-hydrogen) atoms. The highest BCUT2D eigenvalue weighted by Gasteiger charge is 2.32. The van der Waals surface area contributed by atoms with Gasteiger partial charge in [0.2, 0.25) is 35.4 Å². The fourth-order valence-electron chi connectivity index (χ4n) is 3.99. The lowest BCUT2D eigenvalue weighted by Crippen LogP contribution is -2.59. The summed E-state index contributed by atoms with van der Waals surface area (Å²) in [5.74, 6) is -4.51. The van der Waals surface area contributed by atoms with Crippen LogP contribution in [-0.4, -0.2) is 90.5 Å². The molecule has 0 aliphatic carbocycles. The van der Waals surface area contributed by atoms with Crippen molar-refractivity contribution in [2.75, 3.05) is 19.7 Å². The lowest BCUT2D eigenvalue weighted by Gasteiger charge is -2.28. The largest absolute Gasteiger partial charge is 0.394 e. The van der Waals surface area contributed by atoms with Gasteiger partial charge in [0.25, 0.3) is 0 Å². The smallest absolute Gasteiger partial charge is 0.243 e. The molecule has 0 radical (unpaired) electrons. The topological polar surface area (TPSA) is 261 Å². The number of carbonyl (C=O) groups excluding carboxylic acids is 6. The van der Waals surface area contributed by atoms with Gasteiger partial charge in [-0.25, -0.2) is 0 Å². The van der Waals surface area contributed by atoms with Gasteiger partial charge < -0.3 is 48.9 Å². The van der Waals surface area contributed by atoms with E-state index in [9.17, 15) is 33.9 Å². The molecule has 12 N–H and O–H groups in total. The minimum absolute atomic E-state index is 0.0302. The second kappa shape index (κ2) is 20.6. The number of nitrogens with two attached hydrogens (primary N) is 3. The molecule has 248 valence electrons. The predicted molar refractivity (Wildman–Crippen MR) is 162 cm³/mol. The summed E-state index contributed by atoms with van der Waals surface area (Å²) in [6.07, 6.45) is 2.22. The third-order valence-corrected chi connectivity index (χ3v) is 7.02. The van der Waals surface area contributed by atoms with Crippen LogP contribution in [0, 0.1) is 17.8 Å². The van der Waals surface area contributed by atoms with Crippen LogP contribution in [0.5, 0.6) is 0 Å². The average molecular weight is 615 g/mol. The van der Waals surface area contributed by atoms with E-state index < -0.39 is 78.8 Å². The van der Waals surface area contributed by atoms with Gasteiger partial charge in [-0.1, -0.05) is 48.0 Å². The Morgan fingerprint density at radius 1 is 0.767 bits per heavy atom. The maximum absolute atomic E-state index is 13.3. The molecule has 6 atom stereocenters. The quantitative estimate of drug-likeness (QED) is 0.0630. The summed E-state index contributed by atoms with van der Waals surface area (Å²) in [5.41, 5.74) is 16.7. The summed E-state index contributed by atoms with van der Waals surface area (Å²) < 4.78 is 0. The van der Waals surface area contributed by atoms with E-state index in [1.54, 1.807) is 20.8 Å². The van der Waals surface area contributed by atoms with Gasteiger partial charge in [-0.2, -0.15) is 0 Å². The van der Waals surface area contributed by atoms with E-state index >= 15 is 0 Å². The van der Waals surface area contributed by atoms with Crippen molar-refractivity contribution in [2.45, 2.75) is 104 Å². The van der Waals surface area contributed by atoms with Gasteiger partial charge in [-0.05, 0) is 50.0 Å². The van der Waals surface area contributed by atoms with E-state index in [4.69, 9.17) is 17.2 Å². The Balaban J connectivity index is 5.54. The number of primary amides is 1. The van der Waals surface area contributed by atoms with Gasteiger partial charge in [0.15, 0.2) is 0 Å². The standard InChI is InChI=1S/C28H54N8O7/c1-7-17(6)23(28(43)34-19(12-15(2)3)26(41)35-20(14-37)24(31)39)36-21(38)13-32-25(40)18(10-8-9-11-29)33-27(42)22(30)16(4)5/h15-20,22-23,37H,7-14,29-30H2,1-6H3,(H2,31,39)(H,32,40)(H,33,42)(H,34,43)(H,35,41)(H,36,38). The number of amides is 6. The monoisotopic (exact) mass is 614 g/mol. The van der Waals surface area contributed by atoms with Crippen molar-refractivity contribution in [3.63, 3.8) is 0 Å². The van der Waals surface area contributed by atoms with Crippen LogP contribution in [0.2, 0.25) is 0 Å². The Hall–Kier alpha value is -3.30. The molecule has 0 fully saturated rings. The zero-order valence-electron chi connectivity index (χ0n) is 26.4. The molecule has 0 aliphatic rings. The van der Waals surface area contributed by atoms with Crippen LogP contribution in [0.4, 0.5) is 0 Å². The van der Waals surface area contributed by atoms with Crippen molar-refractivity contribution in [1.29, 1.82) is 0 Å². The van der Waals surface area contributed by atoms with Crippen LogP contribution in [0.15, 0.2) is 0 Å². The molecule has 0 aromatic rings. The zero-order valence-corrected chi connectivity index (χ0v) is 26.4. The normalized spacial score (nSPS) is 15.4. The van der Waals surface area contributed by atoms with Crippen LogP contribution >= 0.6 is 0 Å². The van der Waals surface area contributed by atoms with Crippen LogP contribution < -0.4 is 43.8 Å². The summed E-state index contributed by atoms with van der Waals surface area (Å²) in [6, 6.07) is -5.18. The highest BCUT2D eigenvalue weighted by molar-refractivity contribution is 5.95. The summed E-state index contributed by atoms with van der Waals surface area (Å²) in [7, 11) is 0. The molecular weight excluding hydrogens is 560 g/mol. The summed E-state index contributed by atoms with van der Waals surface area (Å²) >= 11 is 0. The van der Waals surface area contributed by atoms with Crippen molar-refractivity contribution >= 4 is 35.4 Å². The fourth-order valence-corrected chi connectivity index (χ4v) is 3.99. The molecule has 15 heteroatoms. The second-order valence-electron chi connectivity index (χ2n) is 11.6. The van der Waals surface area contributed by atoms with Crippen LogP contribution in [0.3, 0.4) is 0 Å². The number of rotatable bonds is 21. The second-order valence-corrected chi connectivity index (χ2v) is 11.6. The molecule has 0 aromatic heterocycles. The van der Waals surface area contributed by atoms with Gasteiger partial charge in [0.1, 0.15) is 24.2 Å². The number of unbranched alkanes of at least 4 members (excludes halogenated alkanes) is 1. The summed E-state index contributed by atoms with van der Waals surface area (Å²) in [6.45, 7) is 10.1. The molecule has 0 saturated carbocycles. The number of aliphatic hydroxyl groups is 1. The number of nitrogens with one attached hydrogen (secondary N) is 5. The molecule has 0 saturated heterocycles. The van der Waals surface area contributed by atoms with E-state index in [0.717, 1.165) is 0 Å². The van der Waals surface area contributed by atoms with Crippen molar-refractivity contribution in [2.24, 2.45) is 35.0 Å². The summed E-state index contributed by atoms with van der Waals surface area (Å²) in [4.78, 5) is 75.8. The van der Waals surface area contributed by atoms with E-state index in [1.165, 1.54) is 0 Å². The minimum atomic E-state index is -1.32. The number of hydrogen-bond acceptors (Lipinski definition) is 9. The first kappa shape index (κ1) is 39.7. The third-order valence-electron chi connectivity index (χ3n) is 7.02. The lowest BCUT2D eigenvalue weighted by molar-refractivity contribution is -0.135. The van der Waals surface area contributed by atoms with Crippen molar-refractivity contribution in [1.82, 2.24) is 26.6 Å². The lowest BCUT2D eigenvalue weighted by atomic mass is 9.96. The molecule has 0 spiro atoms. The Morgan fingerprint density at radius 2 is 1.35 bits per heavy atom. The van der Waals surface area contributed by atoms with Crippen molar-refractivity contribution in [3.05, 3.63) is 0 Å². The van der Waals surface area contributed by atoms with E-state index in [2.05, 4.69) is 26.6 Å². The first-order valence-corrected chi connectivity index (χ1v) is 14.9. The Morgan fingerprint density at radius 3 is 1.84 bits per heavy atom. The first-order chi connectivity index (χ1) is 20.1. The van der Waals surface area contributed by atoms with E-state index in [1.807, 2.05) is 20.8 Å². The number of aliphatic hydroxyl groups excluding tert-OH is 1. The molecular formula is C28H54N8O7. The maximum Gasteiger partial charge on any atom is 0.243 e. The molecule has 0 aliphatic heterocycles. The fraction of sp³-hybridized carbons (Fsp3) is 0.786. The molecule has 0 heterocycles. The Kier molecular flexibility index (Phi) is 19.0. The van der Waals surface area contributed by atoms with Gasteiger partial charge in [0, 0.05) is 0 Å².